The van der Waals surface area contributed by atoms with E-state index >= 15 is 0 Å². The van der Waals surface area contributed by atoms with E-state index in [-0.39, 0.29) is 23.3 Å². The lowest BCUT2D eigenvalue weighted by Crippen LogP contribution is -1.93. The summed E-state index contributed by atoms with van der Waals surface area (Å²) in [7, 11) is 0. The van der Waals surface area contributed by atoms with Crippen molar-refractivity contribution in [2.24, 2.45) is 0 Å². The molecule has 5 heteroatoms. The quantitative estimate of drug-likeness (QED) is 0.788. The minimum absolute atomic E-state index is 0.0445. The number of Topliss-reactive ketones (excluding diaryl/α,β-unsaturated/α-hetero) is 1. The minimum atomic E-state index is -0.409. The molecule has 0 saturated heterocycles. The second-order valence-corrected chi connectivity index (χ2v) is 3.30. The number of oxazole rings is 1. The van der Waals surface area contributed by atoms with Crippen LogP contribution < -0.4 is 5.73 Å². The molecule has 0 aliphatic heterocycles. The predicted octanol–water partition coefficient (Wildman–Crippen LogP) is 2.27. The van der Waals surface area contributed by atoms with Gasteiger partial charge in [-0.25, -0.2) is 4.39 Å². The van der Waals surface area contributed by atoms with Gasteiger partial charge in [-0.05, 0) is 12.1 Å². The van der Waals surface area contributed by atoms with E-state index in [1.54, 1.807) is 6.07 Å². The summed E-state index contributed by atoms with van der Waals surface area (Å²) in [4.78, 5) is 15.1. The van der Waals surface area contributed by atoms with Crippen LogP contribution >= 0.6 is 0 Å². The summed E-state index contributed by atoms with van der Waals surface area (Å²) < 4.78 is 18.0. The van der Waals surface area contributed by atoms with E-state index in [2.05, 4.69) is 4.98 Å². The standard InChI is InChI=1S/C11H9FN2O2/c1-6(15)10-9(14-11(13)16-10)7-3-2-4-8(12)5-7/h2-5H,1H3,(H2,13,14). The van der Waals surface area contributed by atoms with Gasteiger partial charge < -0.3 is 10.2 Å². The van der Waals surface area contributed by atoms with Crippen molar-refractivity contribution in [2.75, 3.05) is 5.73 Å². The maximum atomic E-state index is 13.0. The van der Waals surface area contributed by atoms with Crippen molar-refractivity contribution in [3.63, 3.8) is 0 Å². The molecule has 2 N–H and O–H groups in total. The molecule has 4 nitrogen and oxygen atoms in total. The van der Waals surface area contributed by atoms with Crippen LogP contribution in [-0.2, 0) is 0 Å². The smallest absolute Gasteiger partial charge is 0.293 e. The fourth-order valence-electron chi connectivity index (χ4n) is 1.41. The molecule has 0 spiro atoms. The molecule has 0 atom stereocenters. The van der Waals surface area contributed by atoms with E-state index < -0.39 is 5.82 Å². The van der Waals surface area contributed by atoms with Crippen LogP contribution in [0.5, 0.6) is 0 Å². The molecule has 0 unspecified atom stereocenters. The molecule has 0 amide bonds. The fourth-order valence-corrected chi connectivity index (χ4v) is 1.41. The summed E-state index contributed by atoms with van der Waals surface area (Å²) in [5.41, 5.74) is 6.10. The molecule has 1 aromatic carbocycles. The number of nitrogen functional groups attached to an aromatic ring is 1. The highest BCUT2D eigenvalue weighted by molar-refractivity contribution is 5.97. The third-order valence-electron chi connectivity index (χ3n) is 2.06. The van der Waals surface area contributed by atoms with Crippen LogP contribution in [0.15, 0.2) is 28.7 Å². The summed E-state index contributed by atoms with van der Waals surface area (Å²) in [5.74, 6) is -0.667. The Hall–Kier alpha value is -2.17. The zero-order valence-electron chi connectivity index (χ0n) is 8.53. The largest absolute Gasteiger partial charge is 0.420 e. The van der Waals surface area contributed by atoms with Crippen molar-refractivity contribution >= 4 is 11.8 Å². The number of ketones is 1. The molecular formula is C11H9FN2O2. The second-order valence-electron chi connectivity index (χ2n) is 3.30. The lowest BCUT2D eigenvalue weighted by molar-refractivity contribution is 0.0989. The molecule has 1 heterocycles. The third-order valence-corrected chi connectivity index (χ3v) is 2.06. The van der Waals surface area contributed by atoms with E-state index in [1.165, 1.54) is 25.1 Å². The number of nitrogens with two attached hydrogens (primary N) is 1. The Morgan fingerprint density at radius 2 is 2.25 bits per heavy atom. The van der Waals surface area contributed by atoms with Crippen molar-refractivity contribution < 1.29 is 13.6 Å². The van der Waals surface area contributed by atoms with E-state index in [1.807, 2.05) is 0 Å². The minimum Gasteiger partial charge on any atom is -0.420 e. The molecule has 0 saturated carbocycles. The van der Waals surface area contributed by atoms with Crippen LogP contribution in [0.3, 0.4) is 0 Å². The summed E-state index contributed by atoms with van der Waals surface area (Å²) in [6.07, 6.45) is 0. The number of benzene rings is 1. The van der Waals surface area contributed by atoms with Crippen LogP contribution in [-0.4, -0.2) is 10.8 Å². The van der Waals surface area contributed by atoms with Crippen LogP contribution in [0, 0.1) is 5.82 Å². The number of nitrogens with zero attached hydrogens (tertiary/aromatic N) is 1. The summed E-state index contributed by atoms with van der Waals surface area (Å²) in [6.45, 7) is 1.34. The molecule has 1 aromatic heterocycles. The molecular weight excluding hydrogens is 211 g/mol. The first kappa shape index (κ1) is 10.4. The van der Waals surface area contributed by atoms with Gasteiger partial charge in [-0.1, -0.05) is 12.1 Å². The fraction of sp³-hybridized carbons (Fsp3) is 0.0909. The van der Waals surface area contributed by atoms with E-state index in [9.17, 15) is 9.18 Å². The lowest BCUT2D eigenvalue weighted by atomic mass is 10.1. The summed E-state index contributed by atoms with van der Waals surface area (Å²) in [6, 6.07) is 5.63. The third kappa shape index (κ3) is 1.79. The normalized spacial score (nSPS) is 10.4. The molecule has 0 bridgehead atoms. The van der Waals surface area contributed by atoms with Crippen molar-refractivity contribution in [3.8, 4) is 11.3 Å². The number of halogens is 1. The van der Waals surface area contributed by atoms with Gasteiger partial charge in [0.2, 0.25) is 0 Å². The van der Waals surface area contributed by atoms with Crippen LogP contribution in [0.1, 0.15) is 17.5 Å². The number of rotatable bonds is 2. The summed E-state index contributed by atoms with van der Waals surface area (Å²) in [5, 5.41) is 0. The van der Waals surface area contributed by atoms with E-state index in [0.29, 0.717) is 5.56 Å². The van der Waals surface area contributed by atoms with Gasteiger partial charge in [0.25, 0.3) is 6.01 Å². The first-order chi connectivity index (χ1) is 7.58. The Bertz CT molecular complexity index is 549. The molecule has 16 heavy (non-hydrogen) atoms. The van der Waals surface area contributed by atoms with E-state index in [0.717, 1.165) is 0 Å². The molecule has 0 aliphatic rings. The highest BCUT2D eigenvalue weighted by atomic mass is 19.1. The molecule has 0 fully saturated rings. The van der Waals surface area contributed by atoms with Crippen molar-refractivity contribution in [3.05, 3.63) is 35.8 Å². The zero-order chi connectivity index (χ0) is 11.7. The van der Waals surface area contributed by atoms with Gasteiger partial charge in [0.15, 0.2) is 11.5 Å². The maximum Gasteiger partial charge on any atom is 0.293 e. The van der Waals surface area contributed by atoms with Gasteiger partial charge in [-0.3, -0.25) is 4.79 Å². The van der Waals surface area contributed by atoms with Gasteiger partial charge in [-0.15, -0.1) is 0 Å². The first-order valence-electron chi connectivity index (χ1n) is 4.61. The molecule has 0 aliphatic carbocycles. The zero-order valence-corrected chi connectivity index (χ0v) is 8.53. The van der Waals surface area contributed by atoms with Gasteiger partial charge in [-0.2, -0.15) is 4.98 Å². The average molecular weight is 220 g/mol. The Morgan fingerprint density at radius 1 is 1.50 bits per heavy atom. The van der Waals surface area contributed by atoms with Crippen molar-refractivity contribution in [1.82, 2.24) is 4.98 Å². The topological polar surface area (TPSA) is 69.1 Å². The lowest BCUT2D eigenvalue weighted by Gasteiger charge is -1.97. The Labute approximate surface area is 90.9 Å². The van der Waals surface area contributed by atoms with Crippen molar-refractivity contribution in [2.45, 2.75) is 6.92 Å². The highest BCUT2D eigenvalue weighted by Gasteiger charge is 2.17. The maximum absolute atomic E-state index is 13.0. The van der Waals surface area contributed by atoms with Gasteiger partial charge in [0.1, 0.15) is 11.5 Å². The van der Waals surface area contributed by atoms with Gasteiger partial charge >= 0.3 is 0 Å². The molecule has 0 radical (unpaired) electrons. The Morgan fingerprint density at radius 3 is 2.88 bits per heavy atom. The molecule has 82 valence electrons. The summed E-state index contributed by atoms with van der Waals surface area (Å²) >= 11 is 0. The van der Waals surface area contributed by atoms with Crippen LogP contribution in [0.4, 0.5) is 10.4 Å². The Kier molecular flexibility index (Phi) is 2.44. The second kappa shape index (κ2) is 3.77. The number of carbonyl (C=O) groups excluding carboxylic acids is 1. The van der Waals surface area contributed by atoms with Gasteiger partial charge in [0.05, 0.1) is 0 Å². The number of anilines is 1. The predicted molar refractivity (Wildman–Crippen MR) is 56.3 cm³/mol. The van der Waals surface area contributed by atoms with Crippen LogP contribution in [0.2, 0.25) is 0 Å². The molecule has 2 aromatic rings. The number of aromatic nitrogens is 1. The number of hydrogen-bond donors (Lipinski definition) is 1. The monoisotopic (exact) mass is 220 g/mol. The average Bonchev–Trinajstić information content (AvgIpc) is 2.60. The van der Waals surface area contributed by atoms with Crippen LogP contribution in [0.25, 0.3) is 11.3 Å². The SMILES string of the molecule is CC(=O)c1oc(N)nc1-c1cccc(F)c1. The van der Waals surface area contributed by atoms with Crippen molar-refractivity contribution in [1.29, 1.82) is 0 Å². The number of carbonyl (C=O) groups is 1. The number of hydrogen-bond acceptors (Lipinski definition) is 4. The highest BCUT2D eigenvalue weighted by Crippen LogP contribution is 2.25. The van der Waals surface area contributed by atoms with E-state index in [4.69, 9.17) is 10.2 Å². The van der Waals surface area contributed by atoms with Gasteiger partial charge in [0, 0.05) is 12.5 Å². The molecule has 2 rings (SSSR count). The first-order valence-corrected chi connectivity index (χ1v) is 4.61. The Balaban J connectivity index is 2.59.